The fourth-order valence-corrected chi connectivity index (χ4v) is 4.04. The number of hydrogen-bond acceptors (Lipinski definition) is 7. The van der Waals surface area contributed by atoms with E-state index in [2.05, 4.69) is 10.1 Å². The van der Waals surface area contributed by atoms with Gasteiger partial charge in [0, 0.05) is 42.4 Å². The first-order valence-corrected chi connectivity index (χ1v) is 10.3. The number of piperidine rings is 1. The van der Waals surface area contributed by atoms with Gasteiger partial charge in [0.2, 0.25) is 0 Å². The molecule has 3 aromatic rings. The molecule has 2 aromatic heterocycles. The van der Waals surface area contributed by atoms with Gasteiger partial charge in [-0.05, 0) is 26.0 Å². The Balaban J connectivity index is 1.35. The smallest absolute Gasteiger partial charge is 0.274 e. The molecule has 4 heterocycles. The Kier molecular flexibility index (Phi) is 4.88. The van der Waals surface area contributed by atoms with Gasteiger partial charge < -0.3 is 19.1 Å². The highest BCUT2D eigenvalue weighted by atomic mass is 19.1. The molecule has 1 fully saturated rings. The molecule has 0 N–H and O–H groups in total. The molecule has 162 valence electrons. The number of aromatic nitrogens is 3. The van der Waals surface area contributed by atoms with Crippen LogP contribution in [0, 0.1) is 13.8 Å². The molecule has 0 unspecified atom stereocenters. The first-order valence-electron chi connectivity index (χ1n) is 10.3. The Morgan fingerprint density at radius 2 is 1.94 bits per heavy atom. The predicted octanol–water partition coefficient (Wildman–Crippen LogP) is 2.47. The summed E-state index contributed by atoms with van der Waals surface area (Å²) in [4.78, 5) is 18.4. The van der Waals surface area contributed by atoms with Crippen LogP contribution in [0.4, 0.5) is 10.2 Å². The maximum atomic E-state index is 15.1. The molecule has 2 atom stereocenters. The van der Waals surface area contributed by atoms with Crippen molar-refractivity contribution in [3.63, 3.8) is 0 Å². The van der Waals surface area contributed by atoms with E-state index in [9.17, 15) is 4.79 Å². The monoisotopic (exact) mass is 426 g/mol. The summed E-state index contributed by atoms with van der Waals surface area (Å²) >= 11 is 0. The summed E-state index contributed by atoms with van der Waals surface area (Å²) < 4.78 is 33.4. The molecule has 0 saturated carbocycles. The normalized spacial score (nSPS) is 20.7. The molecule has 0 radical (unpaired) electrons. The SMILES string of the molecule is Cc1c(N2CC[C@@H](Oc3ccc4c(c3)OCCO4)[C@H](F)C2)nn2c(=O)ccnc2c1C. The summed E-state index contributed by atoms with van der Waals surface area (Å²) in [5.41, 5.74) is 2.00. The lowest BCUT2D eigenvalue weighted by Gasteiger charge is -2.36. The van der Waals surface area contributed by atoms with Crippen LogP contribution in [0.5, 0.6) is 17.2 Å². The molecule has 5 rings (SSSR count). The van der Waals surface area contributed by atoms with Crippen LogP contribution in [0.25, 0.3) is 5.65 Å². The van der Waals surface area contributed by atoms with Crippen LogP contribution >= 0.6 is 0 Å². The lowest BCUT2D eigenvalue weighted by atomic mass is 10.0. The van der Waals surface area contributed by atoms with Crippen molar-refractivity contribution in [3.8, 4) is 17.2 Å². The third-order valence-corrected chi connectivity index (χ3v) is 5.83. The van der Waals surface area contributed by atoms with Crippen molar-refractivity contribution in [2.45, 2.75) is 32.5 Å². The largest absolute Gasteiger partial charge is 0.487 e. The van der Waals surface area contributed by atoms with Crippen LogP contribution in [-0.4, -0.2) is 53.2 Å². The summed E-state index contributed by atoms with van der Waals surface area (Å²) in [7, 11) is 0. The second-order valence-electron chi connectivity index (χ2n) is 7.80. The molecule has 0 spiro atoms. The number of ether oxygens (including phenoxy) is 3. The molecule has 1 saturated heterocycles. The minimum atomic E-state index is -1.22. The van der Waals surface area contributed by atoms with Crippen molar-refractivity contribution in [1.82, 2.24) is 14.6 Å². The summed E-state index contributed by atoms with van der Waals surface area (Å²) in [6.45, 7) is 5.50. The molecular weight excluding hydrogens is 403 g/mol. The quantitative estimate of drug-likeness (QED) is 0.637. The molecular formula is C22H23FN4O4. The van der Waals surface area contributed by atoms with Gasteiger partial charge in [-0.3, -0.25) is 4.79 Å². The summed E-state index contributed by atoms with van der Waals surface area (Å²) in [5, 5.41) is 4.48. The Labute approximate surface area is 178 Å². The number of halogens is 1. The Hall–Kier alpha value is -3.36. The summed E-state index contributed by atoms with van der Waals surface area (Å²) in [6.07, 6.45) is 0.161. The van der Waals surface area contributed by atoms with Crippen molar-refractivity contribution in [2.24, 2.45) is 0 Å². The third kappa shape index (κ3) is 3.54. The van der Waals surface area contributed by atoms with E-state index in [1.165, 1.54) is 16.8 Å². The zero-order chi connectivity index (χ0) is 21.5. The Bertz CT molecular complexity index is 1200. The van der Waals surface area contributed by atoms with Crippen LogP contribution in [-0.2, 0) is 0 Å². The highest BCUT2D eigenvalue weighted by molar-refractivity contribution is 5.59. The molecule has 31 heavy (non-hydrogen) atoms. The molecule has 0 amide bonds. The predicted molar refractivity (Wildman–Crippen MR) is 112 cm³/mol. The molecule has 2 aliphatic heterocycles. The Morgan fingerprint density at radius 3 is 2.74 bits per heavy atom. The van der Waals surface area contributed by atoms with E-state index in [4.69, 9.17) is 14.2 Å². The van der Waals surface area contributed by atoms with Crippen LogP contribution in [0.3, 0.4) is 0 Å². The van der Waals surface area contributed by atoms with E-state index in [1.807, 2.05) is 18.7 Å². The standard InChI is InChI=1S/C22H23FN4O4/c1-13-14(2)22(25-27-20(28)5-7-24-21(13)27)26-8-6-17(16(23)12-26)31-15-3-4-18-19(11-15)30-10-9-29-18/h3-5,7,11,16-17H,6,8-10,12H2,1-2H3/t16-,17-/m1/s1. The third-order valence-electron chi connectivity index (χ3n) is 5.83. The molecule has 0 bridgehead atoms. The summed E-state index contributed by atoms with van der Waals surface area (Å²) in [5.74, 6) is 2.43. The van der Waals surface area contributed by atoms with Gasteiger partial charge in [0.05, 0.1) is 6.54 Å². The second kappa shape index (κ2) is 7.72. The van der Waals surface area contributed by atoms with Gasteiger partial charge in [-0.15, -0.1) is 5.10 Å². The van der Waals surface area contributed by atoms with E-state index in [-0.39, 0.29) is 12.1 Å². The maximum absolute atomic E-state index is 15.1. The van der Waals surface area contributed by atoms with Crippen molar-refractivity contribution >= 4 is 11.5 Å². The number of nitrogens with zero attached hydrogens (tertiary/aromatic N) is 4. The lowest BCUT2D eigenvalue weighted by molar-refractivity contribution is 0.0809. The van der Waals surface area contributed by atoms with E-state index in [1.54, 1.807) is 18.2 Å². The number of alkyl halides is 1. The van der Waals surface area contributed by atoms with Gasteiger partial charge in [0.15, 0.2) is 29.1 Å². The molecule has 0 aliphatic carbocycles. The highest BCUT2D eigenvalue weighted by Gasteiger charge is 2.33. The lowest BCUT2D eigenvalue weighted by Crippen LogP contribution is -2.48. The second-order valence-corrected chi connectivity index (χ2v) is 7.80. The number of aryl methyl sites for hydroxylation is 1. The number of anilines is 1. The molecule has 9 heteroatoms. The average molecular weight is 426 g/mol. The Morgan fingerprint density at radius 1 is 1.13 bits per heavy atom. The van der Waals surface area contributed by atoms with E-state index >= 15 is 4.39 Å². The minimum Gasteiger partial charge on any atom is -0.487 e. The van der Waals surface area contributed by atoms with Crippen molar-refractivity contribution < 1.29 is 18.6 Å². The highest BCUT2D eigenvalue weighted by Crippen LogP contribution is 2.35. The maximum Gasteiger partial charge on any atom is 0.274 e. The topological polar surface area (TPSA) is 78.2 Å². The van der Waals surface area contributed by atoms with Gasteiger partial charge in [-0.25, -0.2) is 9.37 Å². The van der Waals surface area contributed by atoms with Crippen LogP contribution in [0.1, 0.15) is 17.5 Å². The zero-order valence-corrected chi connectivity index (χ0v) is 17.4. The first kappa shape index (κ1) is 19.6. The van der Waals surface area contributed by atoms with Crippen LogP contribution in [0.15, 0.2) is 35.3 Å². The van der Waals surface area contributed by atoms with Gasteiger partial charge in [-0.1, -0.05) is 0 Å². The average Bonchev–Trinajstić information content (AvgIpc) is 2.78. The molecule has 2 aliphatic rings. The number of benzene rings is 1. The van der Waals surface area contributed by atoms with Gasteiger partial charge >= 0.3 is 0 Å². The van der Waals surface area contributed by atoms with Crippen LogP contribution < -0.4 is 24.7 Å². The minimum absolute atomic E-state index is 0.128. The number of hydrogen-bond donors (Lipinski definition) is 0. The van der Waals surface area contributed by atoms with Gasteiger partial charge in [0.25, 0.3) is 5.56 Å². The van der Waals surface area contributed by atoms with Crippen molar-refractivity contribution in [2.75, 3.05) is 31.2 Å². The van der Waals surface area contributed by atoms with Gasteiger partial charge in [-0.2, -0.15) is 4.52 Å². The van der Waals surface area contributed by atoms with Crippen LogP contribution in [0.2, 0.25) is 0 Å². The first-order chi connectivity index (χ1) is 15.0. The number of rotatable bonds is 3. The zero-order valence-electron chi connectivity index (χ0n) is 17.4. The van der Waals surface area contributed by atoms with E-state index in [0.717, 1.165) is 11.1 Å². The van der Waals surface area contributed by atoms with E-state index < -0.39 is 12.3 Å². The van der Waals surface area contributed by atoms with E-state index in [0.29, 0.717) is 54.9 Å². The fourth-order valence-electron chi connectivity index (χ4n) is 4.04. The van der Waals surface area contributed by atoms with Crippen molar-refractivity contribution in [3.05, 3.63) is 51.9 Å². The fraction of sp³-hybridized carbons (Fsp3) is 0.409. The number of fused-ring (bicyclic) bond motifs is 2. The molecule has 8 nitrogen and oxygen atoms in total. The molecule has 1 aromatic carbocycles. The van der Waals surface area contributed by atoms with Gasteiger partial charge in [0.1, 0.15) is 25.1 Å². The summed E-state index contributed by atoms with van der Waals surface area (Å²) in [6, 6.07) is 6.66. The van der Waals surface area contributed by atoms with Crippen molar-refractivity contribution in [1.29, 1.82) is 0 Å².